The molecule has 1 fully saturated rings. The summed E-state index contributed by atoms with van der Waals surface area (Å²) in [6, 6.07) is 11.5. The predicted octanol–water partition coefficient (Wildman–Crippen LogP) is 5.04. The molecule has 2 heterocycles. The molecule has 1 aliphatic rings. The molecule has 1 atom stereocenters. The number of hydrogen-bond donors (Lipinski definition) is 1. The lowest BCUT2D eigenvalue weighted by Crippen LogP contribution is -2.43. The fraction of sp³-hybridized carbons (Fsp3) is 0.360. The summed E-state index contributed by atoms with van der Waals surface area (Å²) in [5.74, 6) is 0.390. The third kappa shape index (κ3) is 6.24. The molecule has 180 valence electrons. The quantitative estimate of drug-likeness (QED) is 0.521. The molecule has 9 heteroatoms. The maximum absolute atomic E-state index is 14.1. The highest BCUT2D eigenvalue weighted by Gasteiger charge is 2.41. The first kappa shape index (κ1) is 24.0. The maximum Gasteiger partial charge on any atom is 0.412 e. The Hall–Kier alpha value is -3.17. The Kier molecular flexibility index (Phi) is 7.33. The molecule has 34 heavy (non-hydrogen) atoms. The molecule has 4 rings (SSSR count). The van der Waals surface area contributed by atoms with Crippen LogP contribution >= 0.6 is 0 Å². The van der Waals surface area contributed by atoms with Crippen LogP contribution in [0.2, 0.25) is 0 Å². The number of anilines is 1. The number of likely N-dealkylation sites (N-methyl/N-ethyl adjacent to an activating group) is 1. The Labute approximate surface area is 197 Å². The van der Waals surface area contributed by atoms with Gasteiger partial charge in [0.1, 0.15) is 11.8 Å². The van der Waals surface area contributed by atoms with Gasteiger partial charge in [0.2, 0.25) is 0 Å². The highest BCUT2D eigenvalue weighted by atomic mass is 19.4. The van der Waals surface area contributed by atoms with Crippen molar-refractivity contribution in [2.75, 3.05) is 38.5 Å². The van der Waals surface area contributed by atoms with Gasteiger partial charge in [-0.05, 0) is 42.8 Å². The molecule has 0 amide bonds. The molecule has 1 N–H and O–H groups in total. The maximum atomic E-state index is 14.1. The third-order valence-corrected chi connectivity index (χ3v) is 5.86. The van der Waals surface area contributed by atoms with Gasteiger partial charge in [-0.25, -0.2) is 9.97 Å². The molecule has 1 saturated heterocycles. The number of nitrogens with zero attached hydrogens (tertiary/aromatic N) is 4. The average Bonchev–Trinajstić information content (AvgIpc) is 2.81. The molecule has 1 unspecified atom stereocenters. The molecule has 0 radical (unpaired) electrons. The largest absolute Gasteiger partial charge is 0.424 e. The second-order valence-corrected chi connectivity index (χ2v) is 8.56. The van der Waals surface area contributed by atoms with Crippen LogP contribution < -0.4 is 10.1 Å². The van der Waals surface area contributed by atoms with Gasteiger partial charge in [-0.2, -0.15) is 13.2 Å². The van der Waals surface area contributed by atoms with Crippen LogP contribution in [0.15, 0.2) is 60.9 Å². The zero-order chi connectivity index (χ0) is 24.1. The van der Waals surface area contributed by atoms with Crippen LogP contribution in [0.3, 0.4) is 0 Å². The van der Waals surface area contributed by atoms with Crippen molar-refractivity contribution < 1.29 is 17.9 Å². The lowest BCUT2D eigenvalue weighted by Gasteiger charge is -2.32. The molecule has 3 aromatic rings. The number of piperazine rings is 1. The second kappa shape index (κ2) is 10.4. The summed E-state index contributed by atoms with van der Waals surface area (Å²) in [6.45, 7) is 6.16. The van der Waals surface area contributed by atoms with Crippen LogP contribution in [0.5, 0.6) is 11.8 Å². The van der Waals surface area contributed by atoms with Gasteiger partial charge in [0, 0.05) is 56.9 Å². The minimum Gasteiger partial charge on any atom is -0.424 e. The summed E-state index contributed by atoms with van der Waals surface area (Å²) in [5, 5.41) is 2.66. The first-order chi connectivity index (χ1) is 16.3. The molecule has 0 bridgehead atoms. The van der Waals surface area contributed by atoms with Gasteiger partial charge in [-0.3, -0.25) is 4.90 Å². The summed E-state index contributed by atoms with van der Waals surface area (Å²) >= 11 is 0. The van der Waals surface area contributed by atoms with Crippen LogP contribution in [0.25, 0.3) is 0 Å². The third-order valence-electron chi connectivity index (χ3n) is 5.86. The SMILES string of the molecule is Cc1ccc(NC(c2cccc(CN3CCN(C)CC3)c2)C(F)(F)F)cc1Oc1ncccn1. The molecule has 2 aromatic carbocycles. The van der Waals surface area contributed by atoms with Crippen LogP contribution in [0, 0.1) is 6.92 Å². The topological polar surface area (TPSA) is 53.5 Å². The van der Waals surface area contributed by atoms with Crippen molar-refractivity contribution in [1.29, 1.82) is 0 Å². The van der Waals surface area contributed by atoms with Crippen molar-refractivity contribution in [3.63, 3.8) is 0 Å². The van der Waals surface area contributed by atoms with E-state index in [-0.39, 0.29) is 11.6 Å². The number of nitrogens with one attached hydrogen (secondary N) is 1. The fourth-order valence-electron chi connectivity index (χ4n) is 3.89. The van der Waals surface area contributed by atoms with Gasteiger partial charge in [-0.1, -0.05) is 30.3 Å². The summed E-state index contributed by atoms with van der Waals surface area (Å²) in [7, 11) is 2.08. The summed E-state index contributed by atoms with van der Waals surface area (Å²) < 4.78 is 48.0. The first-order valence-electron chi connectivity index (χ1n) is 11.2. The van der Waals surface area contributed by atoms with Crippen LogP contribution in [0.4, 0.5) is 18.9 Å². The molecule has 1 aliphatic heterocycles. The number of rotatable bonds is 7. The van der Waals surface area contributed by atoms with Crippen molar-refractivity contribution in [3.8, 4) is 11.8 Å². The minimum atomic E-state index is -4.49. The number of hydrogen-bond acceptors (Lipinski definition) is 6. The summed E-state index contributed by atoms with van der Waals surface area (Å²) in [4.78, 5) is 12.5. The zero-order valence-corrected chi connectivity index (χ0v) is 19.2. The Morgan fingerprint density at radius 1 is 1.00 bits per heavy atom. The summed E-state index contributed by atoms with van der Waals surface area (Å²) in [5.41, 5.74) is 2.10. The van der Waals surface area contributed by atoms with Crippen molar-refractivity contribution in [1.82, 2.24) is 19.8 Å². The Bertz CT molecular complexity index is 1090. The first-order valence-corrected chi connectivity index (χ1v) is 11.2. The molecular weight excluding hydrogens is 443 g/mol. The normalized spacial score (nSPS) is 16.3. The number of benzene rings is 2. The van der Waals surface area contributed by atoms with E-state index in [0.717, 1.165) is 37.3 Å². The minimum absolute atomic E-state index is 0.131. The van der Waals surface area contributed by atoms with E-state index in [0.29, 0.717) is 18.0 Å². The number of halogens is 3. The second-order valence-electron chi connectivity index (χ2n) is 8.56. The lowest BCUT2D eigenvalue weighted by atomic mass is 10.0. The van der Waals surface area contributed by atoms with Crippen LogP contribution in [-0.4, -0.2) is 59.2 Å². The Morgan fingerprint density at radius 2 is 1.74 bits per heavy atom. The van der Waals surface area contributed by atoms with Crippen molar-refractivity contribution >= 4 is 5.69 Å². The Balaban J connectivity index is 1.53. The molecular formula is C25H28F3N5O. The van der Waals surface area contributed by atoms with E-state index >= 15 is 0 Å². The highest BCUT2D eigenvalue weighted by molar-refractivity contribution is 5.54. The van der Waals surface area contributed by atoms with Crippen molar-refractivity contribution in [3.05, 3.63) is 77.6 Å². The van der Waals surface area contributed by atoms with E-state index in [1.165, 1.54) is 18.5 Å². The van der Waals surface area contributed by atoms with E-state index in [1.54, 1.807) is 36.4 Å². The van der Waals surface area contributed by atoms with Gasteiger partial charge in [0.25, 0.3) is 0 Å². The van der Waals surface area contributed by atoms with Crippen molar-refractivity contribution in [2.24, 2.45) is 0 Å². The molecule has 6 nitrogen and oxygen atoms in total. The van der Waals surface area contributed by atoms with E-state index in [2.05, 4.69) is 32.1 Å². The van der Waals surface area contributed by atoms with Gasteiger partial charge >= 0.3 is 12.2 Å². The van der Waals surface area contributed by atoms with E-state index < -0.39 is 12.2 Å². The fourth-order valence-corrected chi connectivity index (χ4v) is 3.89. The van der Waals surface area contributed by atoms with Crippen molar-refractivity contribution in [2.45, 2.75) is 25.7 Å². The van der Waals surface area contributed by atoms with Gasteiger partial charge in [0.15, 0.2) is 0 Å². The van der Waals surface area contributed by atoms with Gasteiger partial charge in [-0.15, -0.1) is 0 Å². The molecule has 0 saturated carbocycles. The van der Waals surface area contributed by atoms with E-state index in [1.807, 2.05) is 13.0 Å². The number of alkyl halides is 3. The lowest BCUT2D eigenvalue weighted by molar-refractivity contribution is -0.144. The van der Waals surface area contributed by atoms with E-state index in [9.17, 15) is 13.2 Å². The van der Waals surface area contributed by atoms with E-state index in [4.69, 9.17) is 4.74 Å². The van der Waals surface area contributed by atoms with Gasteiger partial charge in [0.05, 0.1) is 0 Å². The standard InChI is InChI=1S/C25H28F3N5O/c1-18-7-8-21(16-22(18)34-24-29-9-4-10-30-24)31-23(25(26,27)28)20-6-3-5-19(15-20)17-33-13-11-32(2)12-14-33/h3-10,15-16,23,31H,11-14,17H2,1-2H3. The number of aryl methyl sites for hydroxylation is 1. The number of ether oxygens (including phenoxy) is 1. The van der Waals surface area contributed by atoms with Gasteiger partial charge < -0.3 is 15.0 Å². The Morgan fingerprint density at radius 3 is 2.44 bits per heavy atom. The highest BCUT2D eigenvalue weighted by Crippen LogP contribution is 2.37. The molecule has 0 aliphatic carbocycles. The smallest absolute Gasteiger partial charge is 0.412 e. The zero-order valence-electron chi connectivity index (χ0n) is 19.2. The predicted molar refractivity (Wildman–Crippen MR) is 125 cm³/mol. The monoisotopic (exact) mass is 471 g/mol. The summed E-state index contributed by atoms with van der Waals surface area (Å²) in [6.07, 6.45) is -1.41. The average molecular weight is 472 g/mol. The molecule has 0 spiro atoms. The number of aromatic nitrogens is 2. The van der Waals surface area contributed by atoms with Crippen LogP contribution in [-0.2, 0) is 6.54 Å². The van der Waals surface area contributed by atoms with Crippen LogP contribution in [0.1, 0.15) is 22.7 Å². The molecule has 1 aromatic heterocycles.